The molecule has 0 saturated carbocycles. The molecule has 0 spiro atoms. The Kier molecular flexibility index (Phi) is 13.3. The maximum atomic E-state index is 14.1. The summed E-state index contributed by atoms with van der Waals surface area (Å²) in [5, 5.41) is 2.07. The van der Waals surface area contributed by atoms with E-state index in [0.29, 0.717) is 29.1 Å². The van der Waals surface area contributed by atoms with Crippen molar-refractivity contribution in [3.63, 3.8) is 0 Å². The summed E-state index contributed by atoms with van der Waals surface area (Å²) in [4.78, 5) is 2.61. The topological polar surface area (TPSA) is 122 Å². The summed E-state index contributed by atoms with van der Waals surface area (Å²) in [6.07, 6.45) is 9.93. The van der Waals surface area contributed by atoms with E-state index in [-0.39, 0.29) is 77.3 Å². The van der Waals surface area contributed by atoms with Crippen LogP contribution >= 0.6 is 34.7 Å². The molecule has 2 heterocycles. The summed E-state index contributed by atoms with van der Waals surface area (Å²) >= 11 is 9.68. The van der Waals surface area contributed by atoms with Gasteiger partial charge in [-0.2, -0.15) is 4.57 Å². The molecule has 8 nitrogen and oxygen atoms in total. The van der Waals surface area contributed by atoms with Gasteiger partial charge in [-0.25, -0.2) is 25.6 Å². The van der Waals surface area contributed by atoms with Crippen LogP contribution < -0.4 is 60.9 Å². The number of allylic oxidation sites excluding steroid dienone is 6. The molecule has 240 valence electrons. The second-order valence-corrected chi connectivity index (χ2v) is 16.1. The fourth-order valence-corrected chi connectivity index (χ4v) is 8.63. The summed E-state index contributed by atoms with van der Waals surface area (Å²) in [6, 6.07) is 8.79. The zero-order valence-electron chi connectivity index (χ0n) is 24.7. The van der Waals surface area contributed by atoms with Gasteiger partial charge in [-0.15, -0.1) is 0 Å². The SMILES string of the molecule is O=S(=O)([O-])CCCN1/C(=C/C=C2\CCCC(/C=C/c3sc4ccc(F)cc4[n+]3CCCS(=O)(=O)[O-])=C2Cl)Sc2ccc(F)cc21.[K+]. The third-order valence-electron chi connectivity index (χ3n) is 7.25. The van der Waals surface area contributed by atoms with Crippen LogP contribution in [0.4, 0.5) is 14.5 Å². The van der Waals surface area contributed by atoms with Crippen molar-refractivity contribution in [2.45, 2.75) is 43.5 Å². The van der Waals surface area contributed by atoms with Gasteiger partial charge in [0.2, 0.25) is 5.52 Å². The van der Waals surface area contributed by atoms with Gasteiger partial charge in [0.25, 0.3) is 5.01 Å². The number of hydrogen-bond donors (Lipinski definition) is 0. The van der Waals surface area contributed by atoms with Crippen molar-refractivity contribution in [3.05, 3.63) is 92.5 Å². The fraction of sp³-hybridized carbons (Fsp3) is 0.300. The number of anilines is 1. The smallest absolute Gasteiger partial charge is 0.748 e. The number of fused-ring (bicyclic) bond motifs is 2. The van der Waals surface area contributed by atoms with Crippen molar-refractivity contribution in [2.24, 2.45) is 0 Å². The Labute approximate surface area is 322 Å². The molecular weight excluding hydrogens is 725 g/mol. The largest absolute Gasteiger partial charge is 1.00 e. The molecule has 1 aromatic heterocycles. The van der Waals surface area contributed by atoms with Crippen molar-refractivity contribution < 1.29 is 90.7 Å². The minimum atomic E-state index is -4.38. The number of aromatic nitrogens is 1. The number of rotatable bonds is 11. The second-order valence-electron chi connectivity index (χ2n) is 10.5. The molecule has 46 heavy (non-hydrogen) atoms. The maximum absolute atomic E-state index is 14.1. The van der Waals surface area contributed by atoms with Crippen LogP contribution in [0.1, 0.15) is 37.1 Å². The molecule has 0 N–H and O–H groups in total. The van der Waals surface area contributed by atoms with Crippen LogP contribution in [0.2, 0.25) is 0 Å². The third-order valence-corrected chi connectivity index (χ3v) is 11.6. The van der Waals surface area contributed by atoms with Gasteiger partial charge in [0.1, 0.15) is 16.3 Å². The molecule has 1 aliphatic carbocycles. The first-order valence-electron chi connectivity index (χ1n) is 14.0. The van der Waals surface area contributed by atoms with E-state index in [1.54, 1.807) is 21.6 Å². The zero-order chi connectivity index (χ0) is 32.4. The first-order chi connectivity index (χ1) is 21.3. The van der Waals surface area contributed by atoms with E-state index in [1.165, 1.54) is 47.4 Å². The number of halogens is 3. The summed E-state index contributed by atoms with van der Waals surface area (Å²) in [5.41, 5.74) is 2.97. The predicted molar refractivity (Wildman–Crippen MR) is 172 cm³/mol. The molecule has 3 aromatic rings. The average Bonchev–Trinajstić information content (AvgIpc) is 3.47. The Morgan fingerprint density at radius 3 is 2.37 bits per heavy atom. The molecule has 0 atom stereocenters. The second kappa shape index (κ2) is 16.2. The van der Waals surface area contributed by atoms with E-state index in [1.807, 2.05) is 24.3 Å². The quantitative estimate of drug-likeness (QED) is 0.166. The van der Waals surface area contributed by atoms with Gasteiger partial charge in [-0.1, -0.05) is 46.9 Å². The van der Waals surface area contributed by atoms with E-state index in [9.17, 15) is 34.7 Å². The Hall–Kier alpha value is -0.954. The molecule has 2 aromatic carbocycles. The van der Waals surface area contributed by atoms with Crippen molar-refractivity contribution in [1.29, 1.82) is 0 Å². The Morgan fingerprint density at radius 2 is 1.63 bits per heavy atom. The van der Waals surface area contributed by atoms with Crippen LogP contribution in [-0.4, -0.2) is 44.0 Å². The molecule has 0 radical (unpaired) electrons. The van der Waals surface area contributed by atoms with E-state index in [2.05, 4.69) is 0 Å². The fourth-order valence-electron chi connectivity index (χ4n) is 5.21. The summed E-state index contributed by atoms with van der Waals surface area (Å²) in [7, 11) is -8.77. The minimum absolute atomic E-state index is 0. The molecule has 5 rings (SSSR count). The predicted octanol–water partition coefficient (Wildman–Crippen LogP) is 3.41. The normalized spacial score (nSPS) is 17.5. The maximum Gasteiger partial charge on any atom is 1.00 e. The van der Waals surface area contributed by atoms with E-state index < -0.39 is 43.4 Å². The van der Waals surface area contributed by atoms with Crippen molar-refractivity contribution >= 4 is 76.9 Å². The molecule has 16 heteroatoms. The number of thioether (sulfide) groups is 1. The monoisotopic (exact) mass is 752 g/mol. The van der Waals surface area contributed by atoms with Gasteiger partial charge in [0.05, 0.1) is 31.0 Å². The average molecular weight is 753 g/mol. The zero-order valence-corrected chi connectivity index (χ0v) is 31.9. The van der Waals surface area contributed by atoms with Crippen LogP contribution in [-0.2, 0) is 26.8 Å². The number of benzene rings is 2. The van der Waals surface area contributed by atoms with Gasteiger partial charge in [0.15, 0.2) is 6.54 Å². The van der Waals surface area contributed by atoms with Crippen LogP contribution in [0.25, 0.3) is 16.3 Å². The number of nitrogens with zero attached hydrogens (tertiary/aromatic N) is 2. The van der Waals surface area contributed by atoms with Crippen molar-refractivity contribution in [2.75, 3.05) is 23.0 Å². The molecule has 0 unspecified atom stereocenters. The van der Waals surface area contributed by atoms with Crippen LogP contribution in [0.5, 0.6) is 0 Å². The molecule has 1 aliphatic heterocycles. The summed E-state index contributed by atoms with van der Waals surface area (Å²) in [5.74, 6) is -1.90. The van der Waals surface area contributed by atoms with Crippen molar-refractivity contribution in [3.8, 4) is 0 Å². The molecule has 0 fully saturated rings. The Morgan fingerprint density at radius 1 is 0.935 bits per heavy atom. The number of thiazole rings is 1. The molecule has 0 amide bonds. The van der Waals surface area contributed by atoms with Crippen molar-refractivity contribution in [1.82, 2.24) is 0 Å². The van der Waals surface area contributed by atoms with Crippen LogP contribution in [0.3, 0.4) is 0 Å². The standard InChI is InChI=1S/C30H29ClF2N2O6S4.K/c31-30-20(6-12-28-34(14-2-16-44(36,37)38)24-18-22(32)8-10-26(24)42-28)4-1-5-21(30)7-13-29-35(15-3-17-45(39,40)41)25-19-23(33)9-11-27(25)43-29;/h6-13,18-19H,1-5,14-17H2,(H-,36,37,38,39,40,41);/q;+1/p-1. The van der Waals surface area contributed by atoms with Gasteiger partial charge in [-0.05, 0) is 73.2 Å². The van der Waals surface area contributed by atoms with E-state index >= 15 is 0 Å². The number of aryl methyl sites for hydroxylation is 1. The van der Waals surface area contributed by atoms with E-state index in [0.717, 1.165) is 37.2 Å². The summed E-state index contributed by atoms with van der Waals surface area (Å²) in [6.45, 7) is 0.439. The van der Waals surface area contributed by atoms with Gasteiger partial charge < -0.3 is 14.0 Å². The molecular formula is C30H28ClF2KN2O6S4. The molecule has 2 aliphatic rings. The van der Waals surface area contributed by atoms with Gasteiger partial charge in [0, 0.05) is 46.5 Å². The first-order valence-corrected chi connectivity index (χ1v) is 19.2. The Bertz CT molecular complexity index is 1980. The molecule has 0 bridgehead atoms. The van der Waals surface area contributed by atoms with Crippen LogP contribution in [0.15, 0.2) is 80.7 Å². The Balaban J connectivity index is 0.00000480. The minimum Gasteiger partial charge on any atom is -0.748 e. The van der Waals surface area contributed by atoms with Gasteiger partial charge >= 0.3 is 51.4 Å². The van der Waals surface area contributed by atoms with Crippen LogP contribution in [0, 0.1) is 11.6 Å². The number of hydrogen-bond acceptors (Lipinski definition) is 9. The summed E-state index contributed by atoms with van der Waals surface area (Å²) < 4.78 is 97.6. The first kappa shape index (κ1) is 37.9. The molecule has 0 saturated heterocycles. The van der Waals surface area contributed by atoms with E-state index in [4.69, 9.17) is 11.6 Å². The third kappa shape index (κ3) is 10.0. The van der Waals surface area contributed by atoms with Gasteiger partial charge in [-0.3, -0.25) is 0 Å².